The molecule has 0 amide bonds. The molecule has 86 valence electrons. The maximum atomic E-state index is 10.7. The van der Waals surface area contributed by atoms with Crippen molar-refractivity contribution >= 4 is 6.47 Å². The number of benzene rings is 2. The summed E-state index contributed by atoms with van der Waals surface area (Å²) in [6.45, 7) is 0.375. The molecular formula is C14H13NO2. The minimum Gasteiger partial charge on any atom is -0.438 e. The van der Waals surface area contributed by atoms with Gasteiger partial charge in [-0.2, -0.15) is 0 Å². The van der Waals surface area contributed by atoms with Crippen LogP contribution in [0.2, 0.25) is 0 Å². The van der Waals surface area contributed by atoms with Crippen LogP contribution in [0, 0.1) is 0 Å². The molecule has 0 aliphatic rings. The highest BCUT2D eigenvalue weighted by Crippen LogP contribution is 2.27. The number of hydrogen-bond acceptors (Lipinski definition) is 3. The van der Waals surface area contributed by atoms with E-state index < -0.39 is 5.72 Å². The first kappa shape index (κ1) is 11.4. The summed E-state index contributed by atoms with van der Waals surface area (Å²) in [5, 5.41) is 0. The first-order chi connectivity index (χ1) is 8.27. The largest absolute Gasteiger partial charge is 0.438 e. The first-order valence-corrected chi connectivity index (χ1v) is 5.29. The Morgan fingerprint density at radius 1 is 0.882 bits per heavy atom. The predicted molar refractivity (Wildman–Crippen MR) is 65.0 cm³/mol. The van der Waals surface area contributed by atoms with E-state index in [9.17, 15) is 4.79 Å². The third-order valence-corrected chi connectivity index (χ3v) is 2.64. The van der Waals surface area contributed by atoms with Gasteiger partial charge in [0, 0.05) is 11.1 Å². The zero-order valence-electron chi connectivity index (χ0n) is 9.24. The Morgan fingerprint density at radius 3 is 1.65 bits per heavy atom. The van der Waals surface area contributed by atoms with Crippen molar-refractivity contribution in [3.63, 3.8) is 0 Å². The van der Waals surface area contributed by atoms with Crippen molar-refractivity contribution in [2.24, 2.45) is 5.73 Å². The van der Waals surface area contributed by atoms with Crippen LogP contribution in [-0.4, -0.2) is 6.47 Å². The number of carbonyl (C=O) groups is 1. The van der Waals surface area contributed by atoms with Crippen molar-refractivity contribution in [1.82, 2.24) is 0 Å². The van der Waals surface area contributed by atoms with Crippen LogP contribution < -0.4 is 5.73 Å². The van der Waals surface area contributed by atoms with Crippen molar-refractivity contribution < 1.29 is 9.53 Å². The van der Waals surface area contributed by atoms with Gasteiger partial charge in [0.05, 0.1) is 0 Å². The number of ether oxygens (including phenoxy) is 1. The summed E-state index contributed by atoms with van der Waals surface area (Å²) < 4.78 is 5.10. The second kappa shape index (κ2) is 4.80. The monoisotopic (exact) mass is 227 g/mol. The summed E-state index contributed by atoms with van der Waals surface area (Å²) in [6.07, 6.45) is 0. The van der Waals surface area contributed by atoms with Crippen molar-refractivity contribution in [3.05, 3.63) is 71.8 Å². The Hall–Kier alpha value is -2.13. The van der Waals surface area contributed by atoms with Crippen LogP contribution in [0.25, 0.3) is 0 Å². The minimum absolute atomic E-state index is 0.375. The fourth-order valence-corrected chi connectivity index (χ4v) is 1.75. The molecule has 0 heterocycles. The molecule has 2 aromatic carbocycles. The predicted octanol–water partition coefficient (Wildman–Crippen LogP) is 2.02. The van der Waals surface area contributed by atoms with E-state index in [2.05, 4.69) is 0 Å². The number of carbonyl (C=O) groups excluding carboxylic acids is 1. The summed E-state index contributed by atoms with van der Waals surface area (Å²) >= 11 is 0. The van der Waals surface area contributed by atoms with E-state index >= 15 is 0 Å². The molecule has 0 aliphatic heterocycles. The van der Waals surface area contributed by atoms with Crippen LogP contribution in [0.4, 0.5) is 0 Å². The summed E-state index contributed by atoms with van der Waals surface area (Å²) in [5.41, 5.74) is 6.43. The van der Waals surface area contributed by atoms with Crippen molar-refractivity contribution in [2.45, 2.75) is 5.72 Å². The zero-order chi connectivity index (χ0) is 12.1. The van der Waals surface area contributed by atoms with Crippen LogP contribution in [0.1, 0.15) is 11.1 Å². The number of hydrogen-bond donors (Lipinski definition) is 1. The van der Waals surface area contributed by atoms with Gasteiger partial charge in [-0.3, -0.25) is 10.5 Å². The molecular weight excluding hydrogens is 214 g/mol. The van der Waals surface area contributed by atoms with E-state index in [1.165, 1.54) is 0 Å². The standard InChI is InChI=1S/C14H13NO2/c15-14(17-11-16,12-7-3-1-4-8-12)13-9-5-2-6-10-13/h1-11H,15H2. The Bertz CT molecular complexity index is 443. The molecule has 0 fully saturated rings. The molecule has 2 N–H and O–H groups in total. The fourth-order valence-electron chi connectivity index (χ4n) is 1.75. The van der Waals surface area contributed by atoms with Gasteiger partial charge in [0.25, 0.3) is 6.47 Å². The molecule has 3 heteroatoms. The lowest BCUT2D eigenvalue weighted by Crippen LogP contribution is -2.40. The molecule has 3 nitrogen and oxygen atoms in total. The minimum atomic E-state index is -1.23. The van der Waals surface area contributed by atoms with Gasteiger partial charge in [0.2, 0.25) is 5.72 Å². The molecule has 0 atom stereocenters. The topological polar surface area (TPSA) is 52.3 Å². The fraction of sp³-hybridized carbons (Fsp3) is 0.0714. The van der Waals surface area contributed by atoms with Crippen molar-refractivity contribution in [3.8, 4) is 0 Å². The van der Waals surface area contributed by atoms with Gasteiger partial charge in [-0.15, -0.1) is 0 Å². The smallest absolute Gasteiger partial charge is 0.295 e. The highest BCUT2D eigenvalue weighted by Gasteiger charge is 2.31. The molecule has 0 bridgehead atoms. The van der Waals surface area contributed by atoms with E-state index in [4.69, 9.17) is 10.5 Å². The van der Waals surface area contributed by atoms with Gasteiger partial charge in [0.15, 0.2) is 0 Å². The summed E-state index contributed by atoms with van der Waals surface area (Å²) in [6, 6.07) is 18.5. The molecule has 2 rings (SSSR count). The zero-order valence-corrected chi connectivity index (χ0v) is 9.24. The normalized spacial score (nSPS) is 10.9. The van der Waals surface area contributed by atoms with Gasteiger partial charge < -0.3 is 4.74 Å². The quantitative estimate of drug-likeness (QED) is 0.642. The lowest BCUT2D eigenvalue weighted by atomic mass is 9.95. The van der Waals surface area contributed by atoms with Gasteiger partial charge in [-0.1, -0.05) is 60.7 Å². The highest BCUT2D eigenvalue weighted by molar-refractivity contribution is 5.44. The van der Waals surface area contributed by atoms with Gasteiger partial charge >= 0.3 is 0 Å². The highest BCUT2D eigenvalue weighted by atomic mass is 16.5. The molecule has 17 heavy (non-hydrogen) atoms. The van der Waals surface area contributed by atoms with E-state index in [1.807, 2.05) is 60.7 Å². The number of rotatable bonds is 4. The Balaban J connectivity index is 2.50. The van der Waals surface area contributed by atoms with E-state index in [0.29, 0.717) is 6.47 Å². The summed E-state index contributed by atoms with van der Waals surface area (Å²) in [7, 11) is 0. The van der Waals surface area contributed by atoms with Crippen LogP contribution >= 0.6 is 0 Å². The molecule has 0 aliphatic carbocycles. The molecule has 0 saturated heterocycles. The number of nitrogens with two attached hydrogens (primary N) is 1. The van der Waals surface area contributed by atoms with E-state index in [0.717, 1.165) is 11.1 Å². The molecule has 0 aromatic heterocycles. The molecule has 0 unspecified atom stereocenters. The Labute approximate surface area is 99.8 Å². The average molecular weight is 227 g/mol. The molecule has 0 radical (unpaired) electrons. The Kier molecular flexibility index (Phi) is 3.21. The Morgan fingerprint density at radius 2 is 1.29 bits per heavy atom. The van der Waals surface area contributed by atoms with Crippen molar-refractivity contribution in [1.29, 1.82) is 0 Å². The lowest BCUT2D eigenvalue weighted by Gasteiger charge is -2.28. The van der Waals surface area contributed by atoms with Crippen LogP contribution in [0.15, 0.2) is 60.7 Å². The SMILES string of the molecule is NC(OC=O)(c1ccccc1)c1ccccc1. The van der Waals surface area contributed by atoms with Crippen LogP contribution in [-0.2, 0) is 15.3 Å². The molecule has 2 aromatic rings. The third kappa shape index (κ3) is 2.19. The molecule has 0 saturated carbocycles. The maximum absolute atomic E-state index is 10.7. The van der Waals surface area contributed by atoms with Gasteiger partial charge in [0.1, 0.15) is 0 Å². The second-order valence-electron chi connectivity index (χ2n) is 3.68. The summed E-state index contributed by atoms with van der Waals surface area (Å²) in [4.78, 5) is 10.7. The lowest BCUT2D eigenvalue weighted by molar-refractivity contribution is -0.140. The molecule has 0 spiro atoms. The first-order valence-electron chi connectivity index (χ1n) is 5.29. The van der Waals surface area contributed by atoms with Gasteiger partial charge in [-0.05, 0) is 0 Å². The van der Waals surface area contributed by atoms with Crippen LogP contribution in [0.5, 0.6) is 0 Å². The van der Waals surface area contributed by atoms with Crippen LogP contribution in [0.3, 0.4) is 0 Å². The van der Waals surface area contributed by atoms with E-state index in [-0.39, 0.29) is 0 Å². The van der Waals surface area contributed by atoms with E-state index in [1.54, 1.807) is 0 Å². The maximum Gasteiger partial charge on any atom is 0.295 e. The third-order valence-electron chi connectivity index (χ3n) is 2.64. The summed E-state index contributed by atoms with van der Waals surface area (Å²) in [5.74, 6) is 0. The second-order valence-corrected chi connectivity index (χ2v) is 3.68. The van der Waals surface area contributed by atoms with Gasteiger partial charge in [-0.25, -0.2) is 0 Å². The average Bonchev–Trinajstić information content (AvgIpc) is 2.41. The van der Waals surface area contributed by atoms with Crippen molar-refractivity contribution in [2.75, 3.05) is 0 Å².